The van der Waals surface area contributed by atoms with Crippen molar-refractivity contribution in [1.29, 1.82) is 0 Å². The number of hydrogen-bond acceptors (Lipinski definition) is 4. The molecule has 0 spiro atoms. The molecular weight excluding hydrogens is 350 g/mol. The predicted molar refractivity (Wildman–Crippen MR) is 101 cm³/mol. The fourth-order valence-corrected chi connectivity index (χ4v) is 4.46. The molecule has 1 heterocycles. The lowest BCUT2D eigenvalue weighted by Gasteiger charge is -2.25. The number of aromatic hydroxyl groups is 1. The first-order chi connectivity index (χ1) is 12.5. The molecule has 0 bridgehead atoms. The van der Waals surface area contributed by atoms with Crippen LogP contribution in [0, 0.1) is 0 Å². The van der Waals surface area contributed by atoms with Crippen LogP contribution >= 0.6 is 0 Å². The molecule has 1 aliphatic rings. The summed E-state index contributed by atoms with van der Waals surface area (Å²) in [4.78, 5) is 12.5. The number of sulfonamides is 1. The minimum absolute atomic E-state index is 0.131. The van der Waals surface area contributed by atoms with Gasteiger partial charge in [0.1, 0.15) is 5.75 Å². The van der Waals surface area contributed by atoms with E-state index >= 15 is 0 Å². The van der Waals surface area contributed by atoms with E-state index in [1.54, 1.807) is 30.3 Å². The van der Waals surface area contributed by atoms with E-state index in [-0.39, 0.29) is 16.4 Å². The number of phenols is 1. The Labute approximate surface area is 153 Å². The van der Waals surface area contributed by atoms with Crippen LogP contribution in [-0.4, -0.2) is 36.7 Å². The molecule has 2 aromatic carbocycles. The van der Waals surface area contributed by atoms with E-state index in [9.17, 15) is 18.3 Å². The number of benzene rings is 2. The molecule has 2 aromatic rings. The van der Waals surface area contributed by atoms with Gasteiger partial charge in [0.15, 0.2) is 5.78 Å². The second kappa shape index (κ2) is 7.85. The van der Waals surface area contributed by atoms with Gasteiger partial charge in [-0.3, -0.25) is 4.79 Å². The van der Waals surface area contributed by atoms with E-state index in [0.717, 1.165) is 19.3 Å². The Balaban J connectivity index is 1.73. The molecule has 0 aliphatic carbocycles. The van der Waals surface area contributed by atoms with Crippen molar-refractivity contribution in [3.8, 4) is 5.75 Å². The quantitative estimate of drug-likeness (QED) is 0.645. The van der Waals surface area contributed by atoms with Crippen LogP contribution in [0.5, 0.6) is 5.75 Å². The molecule has 6 heteroatoms. The summed E-state index contributed by atoms with van der Waals surface area (Å²) in [5, 5.41) is 9.43. The summed E-state index contributed by atoms with van der Waals surface area (Å²) in [6.45, 7) is 1.10. The third-order valence-electron chi connectivity index (χ3n) is 4.39. The predicted octanol–water partition coefficient (Wildman–Crippen LogP) is 3.46. The number of allylic oxidation sites excluding steroid dienone is 1. The van der Waals surface area contributed by atoms with Crippen LogP contribution in [0.1, 0.15) is 35.2 Å². The SMILES string of the molecule is O=C(/C=C/c1cccc(O)c1)c1ccc(S(=O)(=O)N2CCCCC2)cc1. The van der Waals surface area contributed by atoms with Crippen molar-refractivity contribution in [2.45, 2.75) is 24.2 Å². The molecule has 0 amide bonds. The molecule has 0 saturated carbocycles. The third-order valence-corrected chi connectivity index (χ3v) is 6.30. The van der Waals surface area contributed by atoms with Gasteiger partial charge in [0.05, 0.1) is 4.90 Å². The second-order valence-electron chi connectivity index (χ2n) is 6.28. The Kier molecular flexibility index (Phi) is 5.54. The lowest BCUT2D eigenvalue weighted by atomic mass is 10.1. The summed E-state index contributed by atoms with van der Waals surface area (Å²) in [5.74, 6) is -0.0952. The van der Waals surface area contributed by atoms with Gasteiger partial charge in [0, 0.05) is 18.7 Å². The van der Waals surface area contributed by atoms with Gasteiger partial charge in [-0.05, 0) is 60.9 Å². The van der Waals surface area contributed by atoms with Crippen LogP contribution in [-0.2, 0) is 10.0 Å². The Morgan fingerprint density at radius 1 is 1.00 bits per heavy atom. The van der Waals surface area contributed by atoms with Crippen molar-refractivity contribution in [2.24, 2.45) is 0 Å². The first-order valence-corrected chi connectivity index (χ1v) is 10.0. The zero-order valence-electron chi connectivity index (χ0n) is 14.3. The maximum atomic E-state index is 12.6. The van der Waals surface area contributed by atoms with Crippen LogP contribution in [0.15, 0.2) is 59.5 Å². The highest BCUT2D eigenvalue weighted by molar-refractivity contribution is 7.89. The fourth-order valence-electron chi connectivity index (χ4n) is 2.94. The van der Waals surface area contributed by atoms with E-state index in [0.29, 0.717) is 24.2 Å². The summed E-state index contributed by atoms with van der Waals surface area (Å²) >= 11 is 0. The maximum Gasteiger partial charge on any atom is 0.243 e. The van der Waals surface area contributed by atoms with Crippen LogP contribution in [0.25, 0.3) is 6.08 Å². The topological polar surface area (TPSA) is 74.7 Å². The second-order valence-corrected chi connectivity index (χ2v) is 8.22. The molecule has 5 nitrogen and oxygen atoms in total. The van der Waals surface area contributed by atoms with Gasteiger partial charge < -0.3 is 5.11 Å². The average Bonchev–Trinajstić information content (AvgIpc) is 2.67. The van der Waals surface area contributed by atoms with Crippen molar-refractivity contribution in [2.75, 3.05) is 13.1 Å². The molecule has 0 aromatic heterocycles. The number of carbonyl (C=O) groups excluding carboxylic acids is 1. The number of rotatable bonds is 5. The number of ketones is 1. The smallest absolute Gasteiger partial charge is 0.243 e. The summed E-state index contributed by atoms with van der Waals surface area (Å²) < 4.78 is 26.7. The van der Waals surface area contributed by atoms with Gasteiger partial charge in [-0.15, -0.1) is 0 Å². The fraction of sp³-hybridized carbons (Fsp3) is 0.250. The Hall–Kier alpha value is -2.44. The monoisotopic (exact) mass is 371 g/mol. The summed E-state index contributed by atoms with van der Waals surface area (Å²) in [6, 6.07) is 12.6. The Morgan fingerprint density at radius 3 is 2.35 bits per heavy atom. The maximum absolute atomic E-state index is 12.6. The molecular formula is C20H21NO4S. The molecule has 1 N–H and O–H groups in total. The first-order valence-electron chi connectivity index (χ1n) is 8.58. The highest BCUT2D eigenvalue weighted by Gasteiger charge is 2.25. The van der Waals surface area contributed by atoms with Crippen LogP contribution < -0.4 is 0 Å². The number of piperidine rings is 1. The van der Waals surface area contributed by atoms with Crippen molar-refractivity contribution in [1.82, 2.24) is 4.31 Å². The van der Waals surface area contributed by atoms with Gasteiger partial charge in [-0.25, -0.2) is 8.42 Å². The molecule has 1 saturated heterocycles. The highest BCUT2D eigenvalue weighted by atomic mass is 32.2. The van der Waals surface area contributed by atoms with Crippen molar-refractivity contribution < 1.29 is 18.3 Å². The number of nitrogens with zero attached hydrogens (tertiary/aromatic N) is 1. The molecule has 136 valence electrons. The van der Waals surface area contributed by atoms with Crippen LogP contribution in [0.3, 0.4) is 0 Å². The molecule has 1 aliphatic heterocycles. The Bertz CT molecular complexity index is 911. The number of phenolic OH excluding ortho intramolecular Hbond substituents is 1. The van der Waals surface area contributed by atoms with Crippen molar-refractivity contribution in [3.05, 3.63) is 65.7 Å². The minimum atomic E-state index is -3.49. The van der Waals surface area contributed by atoms with Crippen LogP contribution in [0.4, 0.5) is 0 Å². The van der Waals surface area contributed by atoms with Gasteiger partial charge >= 0.3 is 0 Å². The average molecular weight is 371 g/mol. The molecule has 26 heavy (non-hydrogen) atoms. The molecule has 1 fully saturated rings. The lowest BCUT2D eigenvalue weighted by Crippen LogP contribution is -2.35. The van der Waals surface area contributed by atoms with E-state index in [4.69, 9.17) is 0 Å². The van der Waals surface area contributed by atoms with E-state index in [1.165, 1.54) is 34.6 Å². The molecule has 0 unspecified atom stereocenters. The van der Waals surface area contributed by atoms with Gasteiger partial charge in [0.25, 0.3) is 0 Å². The van der Waals surface area contributed by atoms with E-state index < -0.39 is 10.0 Å². The zero-order chi connectivity index (χ0) is 18.6. The number of carbonyl (C=O) groups is 1. The summed E-state index contributed by atoms with van der Waals surface area (Å²) in [7, 11) is -3.49. The van der Waals surface area contributed by atoms with Gasteiger partial charge in [-0.1, -0.05) is 24.6 Å². The van der Waals surface area contributed by atoms with Gasteiger partial charge in [0.2, 0.25) is 10.0 Å². The molecule has 3 rings (SSSR count). The van der Waals surface area contributed by atoms with E-state index in [2.05, 4.69) is 0 Å². The molecule has 0 atom stereocenters. The van der Waals surface area contributed by atoms with Crippen molar-refractivity contribution in [3.63, 3.8) is 0 Å². The number of hydrogen-bond donors (Lipinski definition) is 1. The normalized spacial score (nSPS) is 16.0. The third kappa shape index (κ3) is 4.20. The summed E-state index contributed by atoms with van der Waals surface area (Å²) in [5.41, 5.74) is 1.13. The van der Waals surface area contributed by atoms with Crippen LogP contribution in [0.2, 0.25) is 0 Å². The lowest BCUT2D eigenvalue weighted by molar-refractivity contribution is 0.104. The van der Waals surface area contributed by atoms with Crippen molar-refractivity contribution >= 4 is 21.9 Å². The highest BCUT2D eigenvalue weighted by Crippen LogP contribution is 2.21. The zero-order valence-corrected chi connectivity index (χ0v) is 15.2. The van der Waals surface area contributed by atoms with Gasteiger partial charge in [-0.2, -0.15) is 4.31 Å². The summed E-state index contributed by atoms with van der Waals surface area (Å²) in [6.07, 6.45) is 5.85. The Morgan fingerprint density at radius 2 is 1.69 bits per heavy atom. The standard InChI is InChI=1S/C20H21NO4S/c22-18-6-4-5-16(15-18)7-12-20(23)17-8-10-19(11-9-17)26(24,25)21-13-2-1-3-14-21/h4-12,15,22H,1-3,13-14H2/b12-7+. The largest absolute Gasteiger partial charge is 0.508 e. The van der Waals surface area contributed by atoms with E-state index in [1.807, 2.05) is 0 Å². The first kappa shape index (κ1) is 18.4. The minimum Gasteiger partial charge on any atom is -0.508 e. The molecule has 0 radical (unpaired) electrons.